The Kier molecular flexibility index (Phi) is 3.81. The molecule has 0 radical (unpaired) electrons. The second-order valence-electron chi connectivity index (χ2n) is 5.64. The summed E-state index contributed by atoms with van der Waals surface area (Å²) in [4.78, 5) is 0. The summed E-state index contributed by atoms with van der Waals surface area (Å²) in [5.41, 5.74) is 1.41. The van der Waals surface area contributed by atoms with Crippen LogP contribution in [-0.2, 0) is 6.54 Å². The van der Waals surface area contributed by atoms with Crippen molar-refractivity contribution in [2.75, 3.05) is 12.3 Å². The van der Waals surface area contributed by atoms with Crippen LogP contribution in [0.5, 0.6) is 0 Å². The Morgan fingerprint density at radius 2 is 2.00 bits per heavy atom. The van der Waals surface area contributed by atoms with Gasteiger partial charge in [-0.05, 0) is 41.9 Å². The summed E-state index contributed by atoms with van der Waals surface area (Å²) in [6, 6.07) is 15.2. The van der Waals surface area contributed by atoms with E-state index in [1.165, 1.54) is 34.9 Å². The number of hydrogen-bond acceptors (Lipinski definition) is 2. The van der Waals surface area contributed by atoms with Crippen LogP contribution in [0.25, 0.3) is 10.8 Å². The fourth-order valence-corrected chi connectivity index (χ4v) is 4.16. The van der Waals surface area contributed by atoms with Crippen molar-refractivity contribution >= 4 is 22.5 Å². The molecule has 1 N–H and O–H groups in total. The Hall–Kier alpha value is -0.990. The van der Waals surface area contributed by atoms with Crippen molar-refractivity contribution in [3.05, 3.63) is 48.0 Å². The number of thioether (sulfide) groups is 1. The number of hydrogen-bond donors (Lipinski definition) is 1. The maximum Gasteiger partial charge on any atom is 0.0256 e. The van der Waals surface area contributed by atoms with Gasteiger partial charge in [-0.2, -0.15) is 11.8 Å². The van der Waals surface area contributed by atoms with E-state index < -0.39 is 0 Å². The van der Waals surface area contributed by atoms with Gasteiger partial charge in [-0.25, -0.2) is 0 Å². The minimum Gasteiger partial charge on any atom is -0.311 e. The maximum atomic E-state index is 3.66. The highest BCUT2D eigenvalue weighted by Gasteiger charge is 2.28. The normalized spacial score (nSPS) is 23.0. The molecule has 1 saturated heterocycles. The predicted molar refractivity (Wildman–Crippen MR) is 85.8 cm³/mol. The van der Waals surface area contributed by atoms with Crippen LogP contribution in [0.1, 0.15) is 25.3 Å². The van der Waals surface area contributed by atoms with E-state index in [2.05, 4.69) is 66.5 Å². The first-order chi connectivity index (χ1) is 9.27. The van der Waals surface area contributed by atoms with Crippen molar-refractivity contribution in [2.24, 2.45) is 0 Å². The average molecular weight is 271 g/mol. The zero-order valence-corrected chi connectivity index (χ0v) is 12.3. The molecule has 100 valence electrons. The van der Waals surface area contributed by atoms with Gasteiger partial charge in [0.1, 0.15) is 0 Å². The molecule has 1 fully saturated rings. The first kappa shape index (κ1) is 13.0. The number of benzene rings is 2. The van der Waals surface area contributed by atoms with Crippen molar-refractivity contribution in [3.8, 4) is 0 Å². The van der Waals surface area contributed by atoms with Gasteiger partial charge in [0.15, 0.2) is 0 Å². The molecule has 1 unspecified atom stereocenters. The average Bonchev–Trinajstić information content (AvgIpc) is 2.86. The largest absolute Gasteiger partial charge is 0.311 e. The van der Waals surface area contributed by atoms with Crippen LogP contribution in [0.2, 0.25) is 0 Å². The summed E-state index contributed by atoms with van der Waals surface area (Å²) in [6.45, 7) is 4.47. The Bertz CT molecular complexity index is 553. The summed E-state index contributed by atoms with van der Waals surface area (Å²) in [7, 11) is 0. The molecule has 2 aromatic rings. The highest BCUT2D eigenvalue weighted by atomic mass is 32.2. The third-order valence-electron chi connectivity index (χ3n) is 3.99. The van der Waals surface area contributed by atoms with E-state index in [9.17, 15) is 0 Å². The Labute approximate surface area is 119 Å². The van der Waals surface area contributed by atoms with E-state index >= 15 is 0 Å². The van der Waals surface area contributed by atoms with Crippen molar-refractivity contribution in [2.45, 2.75) is 31.1 Å². The molecular formula is C17H21NS. The monoisotopic (exact) mass is 271 g/mol. The van der Waals surface area contributed by atoms with Crippen LogP contribution in [0, 0.1) is 0 Å². The first-order valence-corrected chi connectivity index (χ1v) is 8.07. The molecule has 3 rings (SSSR count). The third kappa shape index (κ3) is 2.96. The maximum absolute atomic E-state index is 3.66. The standard InChI is InChI=1S/C17H21NS/c1-17(10-5-11-19-17)13-18-12-15-8-4-7-14-6-2-3-9-16(14)15/h2-4,6-9,18H,5,10-13H2,1H3. The van der Waals surface area contributed by atoms with Gasteiger partial charge >= 0.3 is 0 Å². The Balaban J connectivity index is 1.68. The summed E-state index contributed by atoms with van der Waals surface area (Å²) in [5.74, 6) is 1.33. The van der Waals surface area contributed by atoms with Crippen molar-refractivity contribution in [3.63, 3.8) is 0 Å². The fraction of sp³-hybridized carbons (Fsp3) is 0.412. The van der Waals surface area contributed by atoms with E-state index in [1.807, 2.05) is 0 Å². The van der Waals surface area contributed by atoms with Crippen LogP contribution < -0.4 is 5.32 Å². The lowest BCUT2D eigenvalue weighted by atomic mass is 10.0. The summed E-state index contributed by atoms with van der Waals surface area (Å²) >= 11 is 2.12. The van der Waals surface area contributed by atoms with Gasteiger partial charge in [0.05, 0.1) is 0 Å². The molecule has 0 spiro atoms. The summed E-state index contributed by atoms with van der Waals surface area (Å²) in [6.07, 6.45) is 2.72. The molecule has 1 nitrogen and oxygen atoms in total. The second-order valence-corrected chi connectivity index (χ2v) is 7.33. The van der Waals surface area contributed by atoms with Crippen LogP contribution in [-0.4, -0.2) is 17.0 Å². The van der Waals surface area contributed by atoms with Gasteiger partial charge in [-0.3, -0.25) is 0 Å². The number of rotatable bonds is 4. The SMILES string of the molecule is CC1(CNCc2cccc3ccccc23)CCCS1. The molecule has 2 aromatic carbocycles. The molecule has 19 heavy (non-hydrogen) atoms. The zero-order valence-electron chi connectivity index (χ0n) is 11.5. The molecule has 0 amide bonds. The van der Waals surface area contributed by atoms with Gasteiger partial charge in [-0.1, -0.05) is 42.5 Å². The molecular weight excluding hydrogens is 250 g/mol. The highest BCUT2D eigenvalue weighted by molar-refractivity contribution is 8.00. The number of nitrogens with one attached hydrogen (secondary N) is 1. The second kappa shape index (κ2) is 5.56. The fourth-order valence-electron chi connectivity index (χ4n) is 2.88. The molecule has 2 heteroatoms. The minimum atomic E-state index is 0.449. The highest BCUT2D eigenvalue weighted by Crippen LogP contribution is 2.37. The van der Waals surface area contributed by atoms with Crippen molar-refractivity contribution in [1.82, 2.24) is 5.32 Å². The molecule has 0 saturated carbocycles. The van der Waals surface area contributed by atoms with Crippen LogP contribution in [0.15, 0.2) is 42.5 Å². The van der Waals surface area contributed by atoms with Gasteiger partial charge in [0.2, 0.25) is 0 Å². The molecule has 0 bridgehead atoms. The summed E-state index contributed by atoms with van der Waals surface area (Å²) in [5, 5.41) is 6.37. The van der Waals surface area contributed by atoms with E-state index in [1.54, 1.807) is 0 Å². The van der Waals surface area contributed by atoms with Crippen molar-refractivity contribution in [1.29, 1.82) is 0 Å². The lowest BCUT2D eigenvalue weighted by Gasteiger charge is -2.23. The first-order valence-electron chi connectivity index (χ1n) is 7.08. The lowest BCUT2D eigenvalue weighted by Crippen LogP contribution is -2.32. The molecule has 0 aromatic heterocycles. The predicted octanol–water partition coefficient (Wildman–Crippen LogP) is 4.22. The van der Waals surface area contributed by atoms with Gasteiger partial charge in [0.25, 0.3) is 0 Å². The van der Waals surface area contributed by atoms with Crippen LogP contribution in [0.3, 0.4) is 0 Å². The van der Waals surface area contributed by atoms with Gasteiger partial charge < -0.3 is 5.32 Å². The smallest absolute Gasteiger partial charge is 0.0256 e. The molecule has 1 atom stereocenters. The van der Waals surface area contributed by atoms with Gasteiger partial charge in [-0.15, -0.1) is 0 Å². The zero-order chi connectivity index (χ0) is 13.1. The number of fused-ring (bicyclic) bond motifs is 1. The topological polar surface area (TPSA) is 12.0 Å². The van der Waals surface area contributed by atoms with Gasteiger partial charge in [0, 0.05) is 17.8 Å². The summed E-state index contributed by atoms with van der Waals surface area (Å²) < 4.78 is 0.449. The molecule has 0 aliphatic carbocycles. The Morgan fingerprint density at radius 1 is 1.16 bits per heavy atom. The van der Waals surface area contributed by atoms with E-state index in [4.69, 9.17) is 0 Å². The minimum absolute atomic E-state index is 0.449. The van der Waals surface area contributed by atoms with Crippen LogP contribution in [0.4, 0.5) is 0 Å². The molecule has 1 aliphatic rings. The molecule has 1 aliphatic heterocycles. The Morgan fingerprint density at radius 3 is 2.84 bits per heavy atom. The van der Waals surface area contributed by atoms with E-state index in [0.717, 1.165) is 13.1 Å². The quantitative estimate of drug-likeness (QED) is 0.893. The lowest BCUT2D eigenvalue weighted by molar-refractivity contribution is 0.538. The third-order valence-corrected chi connectivity index (χ3v) is 5.53. The van der Waals surface area contributed by atoms with E-state index in [0.29, 0.717) is 4.75 Å². The van der Waals surface area contributed by atoms with Crippen molar-refractivity contribution < 1.29 is 0 Å². The van der Waals surface area contributed by atoms with Crippen LogP contribution >= 0.6 is 11.8 Å². The van der Waals surface area contributed by atoms with E-state index in [-0.39, 0.29) is 0 Å². The molecule has 1 heterocycles.